The van der Waals surface area contributed by atoms with Gasteiger partial charge >= 0.3 is 5.97 Å². The molecule has 0 fully saturated rings. The highest BCUT2D eigenvalue weighted by Crippen LogP contribution is 2.21. The number of unbranched alkanes of at least 4 members (excludes halogenated alkanes) is 1. The fraction of sp³-hybridized carbons (Fsp3) is 0.429. The van der Waals surface area contributed by atoms with Crippen molar-refractivity contribution < 1.29 is 19.4 Å². The van der Waals surface area contributed by atoms with E-state index in [0.29, 0.717) is 19.3 Å². The van der Waals surface area contributed by atoms with Gasteiger partial charge in [0.1, 0.15) is 5.75 Å². The molecule has 1 aromatic carbocycles. The lowest BCUT2D eigenvalue weighted by atomic mass is 10.1. The summed E-state index contributed by atoms with van der Waals surface area (Å²) in [7, 11) is 1.60. The van der Waals surface area contributed by atoms with Gasteiger partial charge in [0.05, 0.1) is 7.11 Å². The van der Waals surface area contributed by atoms with E-state index in [1.165, 1.54) is 0 Å². The van der Waals surface area contributed by atoms with Crippen molar-refractivity contribution in [3.8, 4) is 5.75 Å². The van der Waals surface area contributed by atoms with Gasteiger partial charge in [-0.2, -0.15) is 0 Å². The number of amides is 1. The monoisotopic (exact) mass is 265 g/mol. The lowest BCUT2D eigenvalue weighted by Gasteiger charge is -2.08. The Kier molecular flexibility index (Phi) is 5.85. The Labute approximate surface area is 112 Å². The fourth-order valence-corrected chi connectivity index (χ4v) is 1.74. The number of carbonyl (C=O) groups excluding carboxylic acids is 1. The predicted molar refractivity (Wildman–Crippen MR) is 72.5 cm³/mol. The number of carboxylic acid groups (broad SMARTS) is 1. The number of hydrogen-bond acceptors (Lipinski definition) is 3. The smallest absolute Gasteiger partial charge is 0.303 e. The number of aliphatic carboxylic acids is 1. The first kappa shape index (κ1) is 15.0. The van der Waals surface area contributed by atoms with Crippen LogP contribution in [-0.4, -0.2) is 24.1 Å². The number of rotatable bonds is 7. The molecule has 0 saturated heterocycles. The molecular weight excluding hydrogens is 246 g/mol. The number of nitrogens with one attached hydrogen (secondary N) is 1. The van der Waals surface area contributed by atoms with E-state index >= 15 is 0 Å². The van der Waals surface area contributed by atoms with Gasteiger partial charge in [0.2, 0.25) is 5.91 Å². The van der Waals surface area contributed by atoms with Crippen LogP contribution in [0.4, 0.5) is 5.69 Å². The zero-order valence-corrected chi connectivity index (χ0v) is 11.2. The standard InChI is InChI=1S/C14H19NO4/c1-10-9-11(7-8-12(10)19-2)15-13(16)5-3-4-6-14(17)18/h7-9H,3-6H2,1-2H3,(H,15,16)(H,17,18). The highest BCUT2D eigenvalue weighted by Gasteiger charge is 2.05. The topological polar surface area (TPSA) is 75.6 Å². The largest absolute Gasteiger partial charge is 0.496 e. The van der Waals surface area contributed by atoms with Gasteiger partial charge in [-0.25, -0.2) is 0 Å². The summed E-state index contributed by atoms with van der Waals surface area (Å²) in [4.78, 5) is 22.0. The Morgan fingerprint density at radius 1 is 1.26 bits per heavy atom. The molecule has 1 amide bonds. The van der Waals surface area contributed by atoms with Crippen molar-refractivity contribution in [1.29, 1.82) is 0 Å². The number of benzene rings is 1. The second kappa shape index (κ2) is 7.41. The van der Waals surface area contributed by atoms with Crippen LogP contribution in [0.5, 0.6) is 5.75 Å². The number of aryl methyl sites for hydroxylation is 1. The quantitative estimate of drug-likeness (QED) is 0.743. The van der Waals surface area contributed by atoms with E-state index in [1.807, 2.05) is 13.0 Å². The summed E-state index contributed by atoms with van der Waals surface area (Å²) in [5.74, 6) is -0.152. The van der Waals surface area contributed by atoms with E-state index in [9.17, 15) is 9.59 Å². The minimum Gasteiger partial charge on any atom is -0.496 e. The van der Waals surface area contributed by atoms with Gasteiger partial charge in [0.25, 0.3) is 0 Å². The van der Waals surface area contributed by atoms with Crippen molar-refractivity contribution in [3.63, 3.8) is 0 Å². The van der Waals surface area contributed by atoms with Gasteiger partial charge in [0, 0.05) is 18.5 Å². The maximum Gasteiger partial charge on any atom is 0.303 e. The van der Waals surface area contributed by atoms with E-state index in [-0.39, 0.29) is 12.3 Å². The van der Waals surface area contributed by atoms with Crippen LogP contribution in [0.2, 0.25) is 0 Å². The average molecular weight is 265 g/mol. The van der Waals surface area contributed by atoms with E-state index in [1.54, 1.807) is 19.2 Å². The summed E-state index contributed by atoms with van der Waals surface area (Å²) in [5, 5.41) is 11.3. The molecule has 2 N–H and O–H groups in total. The summed E-state index contributed by atoms with van der Waals surface area (Å²) in [5.41, 5.74) is 1.67. The first-order valence-corrected chi connectivity index (χ1v) is 6.19. The molecule has 0 spiro atoms. The minimum atomic E-state index is -0.828. The van der Waals surface area contributed by atoms with Crippen molar-refractivity contribution in [2.24, 2.45) is 0 Å². The van der Waals surface area contributed by atoms with Crippen LogP contribution in [-0.2, 0) is 9.59 Å². The maximum absolute atomic E-state index is 11.6. The van der Waals surface area contributed by atoms with Crippen molar-refractivity contribution in [2.75, 3.05) is 12.4 Å². The van der Waals surface area contributed by atoms with Gasteiger partial charge in [-0.15, -0.1) is 0 Å². The molecule has 0 bridgehead atoms. The van der Waals surface area contributed by atoms with E-state index in [0.717, 1.165) is 17.0 Å². The van der Waals surface area contributed by atoms with Gasteiger partial charge < -0.3 is 15.2 Å². The van der Waals surface area contributed by atoms with Crippen LogP contribution in [0.1, 0.15) is 31.2 Å². The molecule has 5 nitrogen and oxygen atoms in total. The third-order valence-corrected chi connectivity index (χ3v) is 2.72. The van der Waals surface area contributed by atoms with E-state index in [4.69, 9.17) is 9.84 Å². The molecule has 0 radical (unpaired) electrons. The molecule has 0 aliphatic rings. The Hall–Kier alpha value is -2.04. The molecule has 0 aromatic heterocycles. The average Bonchev–Trinajstić information content (AvgIpc) is 2.35. The summed E-state index contributed by atoms with van der Waals surface area (Å²) in [6.45, 7) is 1.90. The summed E-state index contributed by atoms with van der Waals surface area (Å²) >= 11 is 0. The molecule has 19 heavy (non-hydrogen) atoms. The number of carbonyl (C=O) groups is 2. The number of ether oxygens (including phenoxy) is 1. The highest BCUT2D eigenvalue weighted by atomic mass is 16.5. The van der Waals surface area contributed by atoms with Crippen LogP contribution in [0, 0.1) is 6.92 Å². The molecule has 0 aliphatic heterocycles. The van der Waals surface area contributed by atoms with E-state index < -0.39 is 5.97 Å². The van der Waals surface area contributed by atoms with Crippen LogP contribution in [0.25, 0.3) is 0 Å². The van der Waals surface area contributed by atoms with Crippen molar-refractivity contribution in [3.05, 3.63) is 23.8 Å². The maximum atomic E-state index is 11.6. The van der Waals surface area contributed by atoms with Gasteiger partial charge in [-0.1, -0.05) is 0 Å². The Bertz CT molecular complexity index is 457. The summed E-state index contributed by atoms with van der Waals surface area (Å²) in [6.07, 6.45) is 1.53. The van der Waals surface area contributed by atoms with Crippen molar-refractivity contribution in [1.82, 2.24) is 0 Å². The predicted octanol–water partition coefficient (Wildman–Crippen LogP) is 2.59. The first-order valence-electron chi connectivity index (χ1n) is 6.19. The Morgan fingerprint density at radius 2 is 1.95 bits per heavy atom. The highest BCUT2D eigenvalue weighted by molar-refractivity contribution is 5.90. The number of carboxylic acids is 1. The van der Waals surface area contributed by atoms with E-state index in [2.05, 4.69) is 5.32 Å². The molecular formula is C14H19NO4. The molecule has 0 atom stereocenters. The first-order chi connectivity index (χ1) is 9.02. The van der Waals surface area contributed by atoms with Crippen LogP contribution in [0.15, 0.2) is 18.2 Å². The molecule has 0 heterocycles. The van der Waals surface area contributed by atoms with Gasteiger partial charge in [-0.05, 0) is 43.5 Å². The van der Waals surface area contributed by atoms with Crippen LogP contribution in [0.3, 0.4) is 0 Å². The van der Waals surface area contributed by atoms with Crippen LogP contribution >= 0.6 is 0 Å². The number of hydrogen-bond donors (Lipinski definition) is 2. The molecule has 0 unspecified atom stereocenters. The SMILES string of the molecule is COc1ccc(NC(=O)CCCCC(=O)O)cc1C. The number of methoxy groups -OCH3 is 1. The number of anilines is 1. The third kappa shape index (κ3) is 5.42. The lowest BCUT2D eigenvalue weighted by molar-refractivity contribution is -0.137. The molecule has 0 saturated carbocycles. The van der Waals surface area contributed by atoms with Crippen molar-refractivity contribution in [2.45, 2.75) is 32.6 Å². The fourth-order valence-electron chi connectivity index (χ4n) is 1.74. The normalized spacial score (nSPS) is 10.0. The minimum absolute atomic E-state index is 0.102. The third-order valence-electron chi connectivity index (χ3n) is 2.72. The summed E-state index contributed by atoms with van der Waals surface area (Å²) < 4.78 is 5.14. The molecule has 5 heteroatoms. The lowest BCUT2D eigenvalue weighted by Crippen LogP contribution is -2.11. The van der Waals surface area contributed by atoms with Crippen LogP contribution < -0.4 is 10.1 Å². The second-order valence-electron chi connectivity index (χ2n) is 4.33. The Morgan fingerprint density at radius 3 is 2.53 bits per heavy atom. The molecule has 1 aromatic rings. The molecule has 0 aliphatic carbocycles. The van der Waals surface area contributed by atoms with Crippen molar-refractivity contribution >= 4 is 17.6 Å². The summed E-state index contributed by atoms with van der Waals surface area (Å²) in [6, 6.07) is 5.42. The zero-order valence-electron chi connectivity index (χ0n) is 11.2. The van der Waals surface area contributed by atoms with Gasteiger partial charge in [0.15, 0.2) is 0 Å². The molecule has 1 rings (SSSR count). The Balaban J connectivity index is 2.40. The molecule has 104 valence electrons. The zero-order chi connectivity index (χ0) is 14.3. The van der Waals surface area contributed by atoms with Gasteiger partial charge in [-0.3, -0.25) is 9.59 Å². The second-order valence-corrected chi connectivity index (χ2v) is 4.33.